The second-order valence-electron chi connectivity index (χ2n) is 3.17. The topological polar surface area (TPSA) is 127 Å². The van der Waals surface area contributed by atoms with Gasteiger partial charge in [0.15, 0.2) is 0 Å². The molecule has 2 amide bonds. The molecule has 0 heterocycles. The van der Waals surface area contributed by atoms with Crippen molar-refractivity contribution in [2.75, 3.05) is 6.61 Å². The molecule has 15 heavy (non-hydrogen) atoms. The maximum Gasteiger partial charge on any atom is 0.217 e. The number of amides is 2. The van der Waals surface area contributed by atoms with Crippen LogP contribution in [0.25, 0.3) is 0 Å². The van der Waals surface area contributed by atoms with Crippen molar-refractivity contribution in [2.45, 2.75) is 38.7 Å². The molecule has 6 nitrogen and oxygen atoms in total. The number of hydrogen-bond donors (Lipinski definition) is 4. The Balaban J connectivity index is 0. The summed E-state index contributed by atoms with van der Waals surface area (Å²) < 4.78 is 0. The number of rotatable bonds is 6. The average molecular weight is 220 g/mol. The molecule has 0 bridgehead atoms. The van der Waals surface area contributed by atoms with Crippen LogP contribution in [-0.2, 0) is 9.59 Å². The third-order valence-corrected chi connectivity index (χ3v) is 1.36. The van der Waals surface area contributed by atoms with E-state index in [9.17, 15) is 9.59 Å². The summed E-state index contributed by atoms with van der Waals surface area (Å²) in [4.78, 5) is 20.3. The predicted molar refractivity (Wildman–Crippen MR) is 55.6 cm³/mol. The molecule has 0 fully saturated rings. The minimum atomic E-state index is -0.560. The second kappa shape index (κ2) is 10.9. The maximum absolute atomic E-state index is 10.2. The third kappa shape index (κ3) is 24.6. The van der Waals surface area contributed by atoms with Gasteiger partial charge < -0.3 is 21.7 Å². The Bertz CT molecular complexity index is 167. The number of carbonyl (C=O) groups excluding carboxylic acids is 2. The molecule has 6 N–H and O–H groups in total. The van der Waals surface area contributed by atoms with Gasteiger partial charge in [0.1, 0.15) is 0 Å². The van der Waals surface area contributed by atoms with Crippen LogP contribution in [0, 0.1) is 0 Å². The highest BCUT2D eigenvalue weighted by molar-refractivity contribution is 5.74. The summed E-state index contributed by atoms with van der Waals surface area (Å²) in [5.41, 5.74) is 9.71. The fourth-order valence-corrected chi connectivity index (χ4v) is 0.598. The summed E-state index contributed by atoms with van der Waals surface area (Å²) in [5.74, 6) is -0.658. The lowest BCUT2D eigenvalue weighted by Gasteiger charge is -1.93. The molecular weight excluding hydrogens is 200 g/mol. The van der Waals surface area contributed by atoms with Crippen molar-refractivity contribution in [2.24, 2.45) is 11.5 Å². The van der Waals surface area contributed by atoms with Gasteiger partial charge in [-0.3, -0.25) is 9.59 Å². The van der Waals surface area contributed by atoms with Gasteiger partial charge in [-0.25, -0.2) is 0 Å². The van der Waals surface area contributed by atoms with Crippen molar-refractivity contribution in [3.63, 3.8) is 0 Å². The van der Waals surface area contributed by atoms with Crippen molar-refractivity contribution < 1.29 is 19.8 Å². The second-order valence-corrected chi connectivity index (χ2v) is 3.17. The van der Waals surface area contributed by atoms with E-state index in [2.05, 4.69) is 0 Å². The Morgan fingerprint density at radius 2 is 1.40 bits per heavy atom. The van der Waals surface area contributed by atoms with Crippen molar-refractivity contribution in [3.05, 3.63) is 0 Å². The highest BCUT2D eigenvalue weighted by Gasteiger charge is 1.96. The zero-order valence-electron chi connectivity index (χ0n) is 8.98. The molecular formula is C9H20N2O4. The number of nitrogens with two attached hydrogens (primary N) is 2. The number of carbonyl (C=O) groups is 2. The van der Waals surface area contributed by atoms with Crippen LogP contribution in [0.1, 0.15) is 32.6 Å². The summed E-state index contributed by atoms with van der Waals surface area (Å²) in [5, 5.41) is 16.0. The molecule has 90 valence electrons. The summed E-state index contributed by atoms with van der Waals surface area (Å²) in [7, 11) is 0. The smallest absolute Gasteiger partial charge is 0.217 e. The van der Waals surface area contributed by atoms with Gasteiger partial charge in [-0.05, 0) is 19.8 Å². The van der Waals surface area contributed by atoms with Crippen LogP contribution in [0.2, 0.25) is 0 Å². The zero-order valence-corrected chi connectivity index (χ0v) is 8.98. The molecule has 0 spiro atoms. The van der Waals surface area contributed by atoms with Gasteiger partial charge in [0.05, 0.1) is 12.7 Å². The van der Waals surface area contributed by atoms with Crippen molar-refractivity contribution in [1.29, 1.82) is 0 Å². The number of hydrogen-bond acceptors (Lipinski definition) is 4. The average Bonchev–Trinajstić information content (AvgIpc) is 2.13. The number of aliphatic hydroxyl groups excluding tert-OH is 2. The van der Waals surface area contributed by atoms with E-state index in [1.165, 1.54) is 6.92 Å². The number of unbranched alkanes of at least 4 members (excludes halogenated alkanes) is 1. The summed E-state index contributed by atoms with van der Waals surface area (Å²) in [6, 6.07) is 0. The van der Waals surface area contributed by atoms with Crippen LogP contribution in [0.3, 0.4) is 0 Å². The van der Waals surface area contributed by atoms with E-state index in [0.29, 0.717) is 25.7 Å². The van der Waals surface area contributed by atoms with Gasteiger partial charge in [-0.15, -0.1) is 0 Å². The van der Waals surface area contributed by atoms with E-state index in [1.807, 2.05) is 0 Å². The summed E-state index contributed by atoms with van der Waals surface area (Å²) in [6.07, 6.45) is 1.42. The van der Waals surface area contributed by atoms with Crippen LogP contribution < -0.4 is 11.5 Å². The Morgan fingerprint density at radius 1 is 1.13 bits per heavy atom. The zero-order chi connectivity index (χ0) is 12.3. The first kappa shape index (κ1) is 16.3. The molecule has 1 atom stereocenters. The van der Waals surface area contributed by atoms with E-state index in [0.717, 1.165) is 0 Å². The Morgan fingerprint density at radius 3 is 1.53 bits per heavy atom. The standard InChI is InChI=1S/C6H12N2O2.C3H8O2/c7-5(9)3-1-2-4-6(8)10;1-3(5)2-4/h1-4H2,(H2,7,9)(H2,8,10);3-5H,2H2,1H3. The van der Waals surface area contributed by atoms with E-state index in [4.69, 9.17) is 21.7 Å². The molecule has 0 aliphatic carbocycles. The normalized spacial score (nSPS) is 11.1. The Labute approximate surface area is 89.3 Å². The molecule has 0 saturated carbocycles. The quantitative estimate of drug-likeness (QED) is 0.423. The first-order valence-electron chi connectivity index (χ1n) is 4.75. The first-order valence-corrected chi connectivity index (χ1v) is 4.75. The van der Waals surface area contributed by atoms with Gasteiger partial charge in [-0.1, -0.05) is 0 Å². The van der Waals surface area contributed by atoms with Gasteiger partial charge in [0.25, 0.3) is 0 Å². The molecule has 0 aliphatic heterocycles. The van der Waals surface area contributed by atoms with Crippen LogP contribution in [0.4, 0.5) is 0 Å². The molecule has 1 unspecified atom stereocenters. The highest BCUT2D eigenvalue weighted by atomic mass is 16.3. The highest BCUT2D eigenvalue weighted by Crippen LogP contribution is 1.97. The van der Waals surface area contributed by atoms with Crippen LogP contribution in [-0.4, -0.2) is 34.7 Å². The molecule has 0 rings (SSSR count). The van der Waals surface area contributed by atoms with E-state index < -0.39 is 6.10 Å². The largest absolute Gasteiger partial charge is 0.394 e. The van der Waals surface area contributed by atoms with E-state index in [1.54, 1.807) is 0 Å². The fraction of sp³-hybridized carbons (Fsp3) is 0.778. The molecule has 0 saturated heterocycles. The van der Waals surface area contributed by atoms with Crippen molar-refractivity contribution in [3.8, 4) is 0 Å². The monoisotopic (exact) mass is 220 g/mol. The molecule has 0 aromatic carbocycles. The van der Waals surface area contributed by atoms with Gasteiger partial charge in [0.2, 0.25) is 11.8 Å². The molecule has 0 aromatic rings. The predicted octanol–water partition coefficient (Wildman–Crippen LogP) is -1.12. The van der Waals surface area contributed by atoms with Crippen LogP contribution in [0.5, 0.6) is 0 Å². The molecule has 0 aromatic heterocycles. The lowest BCUT2D eigenvalue weighted by atomic mass is 10.2. The molecule has 0 radical (unpaired) electrons. The summed E-state index contributed by atoms with van der Waals surface area (Å²) >= 11 is 0. The minimum absolute atomic E-state index is 0.139. The van der Waals surface area contributed by atoms with Crippen LogP contribution >= 0.6 is 0 Å². The SMILES string of the molecule is CC(O)CO.NC(=O)CCCCC(N)=O. The van der Waals surface area contributed by atoms with E-state index >= 15 is 0 Å². The lowest BCUT2D eigenvalue weighted by molar-refractivity contribution is -0.119. The Kier molecular flexibility index (Phi) is 11.9. The van der Waals surface area contributed by atoms with Gasteiger partial charge in [0, 0.05) is 12.8 Å². The maximum atomic E-state index is 10.2. The number of aliphatic hydroxyl groups is 2. The minimum Gasteiger partial charge on any atom is -0.394 e. The van der Waals surface area contributed by atoms with E-state index in [-0.39, 0.29) is 18.4 Å². The third-order valence-electron chi connectivity index (χ3n) is 1.36. The molecule has 6 heteroatoms. The number of primary amides is 2. The first-order chi connectivity index (χ1) is 6.90. The Hall–Kier alpha value is -1.14. The van der Waals surface area contributed by atoms with Crippen molar-refractivity contribution in [1.82, 2.24) is 0 Å². The lowest BCUT2D eigenvalue weighted by Crippen LogP contribution is -2.12. The van der Waals surface area contributed by atoms with Gasteiger partial charge >= 0.3 is 0 Å². The molecule has 0 aliphatic rings. The van der Waals surface area contributed by atoms with Crippen LogP contribution in [0.15, 0.2) is 0 Å². The van der Waals surface area contributed by atoms with Crippen molar-refractivity contribution >= 4 is 11.8 Å². The summed E-state index contributed by atoms with van der Waals surface area (Å²) in [6.45, 7) is 1.39. The fourth-order valence-electron chi connectivity index (χ4n) is 0.598. The van der Waals surface area contributed by atoms with Gasteiger partial charge in [-0.2, -0.15) is 0 Å².